The lowest BCUT2D eigenvalue weighted by atomic mass is 9.63. The molecule has 0 spiro atoms. The van der Waals surface area contributed by atoms with Crippen molar-refractivity contribution in [3.8, 4) is 0 Å². The summed E-state index contributed by atoms with van der Waals surface area (Å²) in [5, 5.41) is 0. The molecule has 1 unspecified atom stereocenters. The molecule has 0 bridgehead atoms. The first-order valence-electron chi connectivity index (χ1n) is 10.8. The van der Waals surface area contributed by atoms with E-state index in [1.165, 1.54) is 17.4 Å². The zero-order valence-electron chi connectivity index (χ0n) is 17.6. The van der Waals surface area contributed by atoms with E-state index in [0.717, 1.165) is 49.8 Å². The average Bonchev–Trinajstić information content (AvgIpc) is 2.76. The minimum Gasteiger partial charge on any atom is -0.299 e. The van der Waals surface area contributed by atoms with Gasteiger partial charge in [0, 0.05) is 29.5 Å². The van der Waals surface area contributed by atoms with Crippen LogP contribution in [0, 0.1) is 5.92 Å². The Kier molecular flexibility index (Phi) is 6.68. The van der Waals surface area contributed by atoms with E-state index in [2.05, 4.69) is 75.4 Å². The molecule has 2 saturated heterocycles. The van der Waals surface area contributed by atoms with E-state index >= 15 is 0 Å². The van der Waals surface area contributed by atoms with Gasteiger partial charge >= 0.3 is 0 Å². The van der Waals surface area contributed by atoms with Gasteiger partial charge in [0.2, 0.25) is 10.0 Å². The predicted molar refractivity (Wildman–Crippen MR) is 126 cm³/mol. The Bertz CT molecular complexity index is 941. The third-order valence-electron chi connectivity index (χ3n) is 7.00. The topological polar surface area (TPSA) is 40.6 Å². The van der Waals surface area contributed by atoms with E-state index in [1.54, 1.807) is 4.31 Å². The van der Waals surface area contributed by atoms with Crippen LogP contribution in [0.25, 0.3) is 0 Å². The lowest BCUT2D eigenvalue weighted by Gasteiger charge is -2.50. The van der Waals surface area contributed by atoms with Crippen LogP contribution in [0.1, 0.15) is 36.8 Å². The highest BCUT2D eigenvalue weighted by atomic mass is 79.9. The molecule has 30 heavy (non-hydrogen) atoms. The molecule has 0 amide bonds. The zero-order valence-corrected chi connectivity index (χ0v) is 20.0. The first kappa shape index (κ1) is 22.0. The van der Waals surface area contributed by atoms with Crippen LogP contribution in [0.3, 0.4) is 0 Å². The molecule has 162 valence electrons. The summed E-state index contributed by atoms with van der Waals surface area (Å²) in [6.07, 6.45) is 5.59. The summed E-state index contributed by atoms with van der Waals surface area (Å²) < 4.78 is 27.6. The van der Waals surface area contributed by atoms with Crippen LogP contribution in [0.2, 0.25) is 0 Å². The van der Waals surface area contributed by atoms with Crippen LogP contribution < -0.4 is 0 Å². The summed E-state index contributed by atoms with van der Waals surface area (Å²) in [6.45, 7) is 4.37. The second-order valence-electron chi connectivity index (χ2n) is 8.90. The molecule has 2 heterocycles. The van der Waals surface area contributed by atoms with Gasteiger partial charge < -0.3 is 0 Å². The normalized spacial score (nSPS) is 24.7. The molecule has 0 saturated carbocycles. The molecule has 4 rings (SSSR count). The van der Waals surface area contributed by atoms with Crippen LogP contribution in [-0.4, -0.2) is 50.1 Å². The van der Waals surface area contributed by atoms with Gasteiger partial charge in [-0.1, -0.05) is 58.4 Å². The van der Waals surface area contributed by atoms with E-state index in [9.17, 15) is 8.42 Å². The number of hydrogen-bond donors (Lipinski definition) is 0. The first-order valence-corrected chi connectivity index (χ1v) is 13.5. The quantitative estimate of drug-likeness (QED) is 0.611. The van der Waals surface area contributed by atoms with Crippen molar-refractivity contribution in [3.63, 3.8) is 0 Å². The van der Waals surface area contributed by atoms with Crippen LogP contribution >= 0.6 is 15.9 Å². The van der Waals surface area contributed by atoms with Gasteiger partial charge in [-0.25, -0.2) is 12.7 Å². The minimum absolute atomic E-state index is 0.0771. The fourth-order valence-corrected chi connectivity index (χ4v) is 6.58. The number of rotatable bonds is 5. The molecule has 2 aromatic rings. The molecule has 2 aliphatic heterocycles. The van der Waals surface area contributed by atoms with Crippen LogP contribution in [0.5, 0.6) is 0 Å². The lowest BCUT2D eigenvalue weighted by molar-refractivity contribution is 0.0831. The third kappa shape index (κ3) is 4.82. The van der Waals surface area contributed by atoms with Crippen molar-refractivity contribution >= 4 is 26.0 Å². The van der Waals surface area contributed by atoms with Crippen LogP contribution in [0.4, 0.5) is 0 Å². The SMILES string of the molecule is CS(=O)(=O)N1CCCC(c2ccccc2)(C2CCN(Cc3ccc(Br)cc3)CC2)C1. The van der Waals surface area contributed by atoms with Crippen LogP contribution in [0.15, 0.2) is 59.1 Å². The fourth-order valence-electron chi connectivity index (χ4n) is 5.39. The van der Waals surface area contributed by atoms with E-state index in [-0.39, 0.29) is 5.41 Å². The van der Waals surface area contributed by atoms with Gasteiger partial charge in [-0.05, 0) is 68.0 Å². The summed E-state index contributed by atoms with van der Waals surface area (Å²) >= 11 is 3.51. The molecular formula is C24H31BrN2O2S. The van der Waals surface area contributed by atoms with Crippen molar-refractivity contribution in [3.05, 3.63) is 70.2 Å². The molecule has 2 aliphatic rings. The Morgan fingerprint density at radius 1 is 1.00 bits per heavy atom. The molecule has 2 fully saturated rings. The number of likely N-dealkylation sites (tertiary alicyclic amines) is 1. The summed E-state index contributed by atoms with van der Waals surface area (Å²) in [7, 11) is -3.18. The van der Waals surface area contributed by atoms with E-state index in [1.807, 2.05) is 0 Å². The molecule has 0 radical (unpaired) electrons. The fraction of sp³-hybridized carbons (Fsp3) is 0.500. The molecule has 6 heteroatoms. The molecule has 0 aliphatic carbocycles. The highest BCUT2D eigenvalue weighted by molar-refractivity contribution is 9.10. The second-order valence-corrected chi connectivity index (χ2v) is 11.8. The van der Waals surface area contributed by atoms with Crippen LogP contribution in [-0.2, 0) is 22.0 Å². The van der Waals surface area contributed by atoms with Gasteiger partial charge in [-0.15, -0.1) is 0 Å². The second kappa shape index (κ2) is 9.11. The molecule has 2 aromatic carbocycles. The van der Waals surface area contributed by atoms with E-state index in [0.29, 0.717) is 19.0 Å². The van der Waals surface area contributed by atoms with Gasteiger partial charge in [-0.3, -0.25) is 4.90 Å². The Balaban J connectivity index is 1.52. The molecule has 4 nitrogen and oxygen atoms in total. The summed E-state index contributed by atoms with van der Waals surface area (Å²) in [4.78, 5) is 2.54. The Labute approximate surface area is 189 Å². The minimum atomic E-state index is -3.18. The molecule has 0 N–H and O–H groups in total. The smallest absolute Gasteiger partial charge is 0.211 e. The van der Waals surface area contributed by atoms with Gasteiger partial charge in [0.15, 0.2) is 0 Å². The zero-order chi connectivity index (χ0) is 21.2. The maximum absolute atomic E-state index is 12.4. The highest BCUT2D eigenvalue weighted by Crippen LogP contribution is 2.45. The van der Waals surface area contributed by atoms with Gasteiger partial charge in [-0.2, -0.15) is 0 Å². The number of hydrogen-bond acceptors (Lipinski definition) is 3. The van der Waals surface area contributed by atoms with Crippen molar-refractivity contribution in [1.82, 2.24) is 9.21 Å². The molecular weight excluding hydrogens is 460 g/mol. The summed E-state index contributed by atoms with van der Waals surface area (Å²) in [5.41, 5.74) is 2.58. The Morgan fingerprint density at radius 2 is 1.67 bits per heavy atom. The largest absolute Gasteiger partial charge is 0.299 e. The lowest BCUT2D eigenvalue weighted by Crippen LogP contribution is -2.54. The number of halogens is 1. The predicted octanol–water partition coefficient (Wildman–Crippen LogP) is 4.65. The monoisotopic (exact) mass is 490 g/mol. The number of benzene rings is 2. The van der Waals surface area contributed by atoms with Crippen molar-refractivity contribution in [2.45, 2.75) is 37.6 Å². The van der Waals surface area contributed by atoms with Crippen molar-refractivity contribution in [1.29, 1.82) is 0 Å². The van der Waals surface area contributed by atoms with Crippen molar-refractivity contribution < 1.29 is 8.42 Å². The van der Waals surface area contributed by atoms with Gasteiger partial charge in [0.25, 0.3) is 0 Å². The summed E-state index contributed by atoms with van der Waals surface area (Å²) in [5.74, 6) is 0.505. The maximum Gasteiger partial charge on any atom is 0.211 e. The standard InChI is InChI=1S/C24H31BrN2O2S/c1-30(28,29)27-15-5-14-24(19-27,21-6-3-2-4-7-21)22-12-16-26(17-13-22)18-20-8-10-23(25)11-9-20/h2-4,6-11,22H,5,12-19H2,1H3. The van der Waals surface area contributed by atoms with E-state index < -0.39 is 10.0 Å². The van der Waals surface area contributed by atoms with E-state index in [4.69, 9.17) is 0 Å². The van der Waals surface area contributed by atoms with Gasteiger partial charge in [0.1, 0.15) is 0 Å². The number of piperidine rings is 2. The average molecular weight is 491 g/mol. The Morgan fingerprint density at radius 3 is 2.30 bits per heavy atom. The molecule has 0 aromatic heterocycles. The number of sulfonamides is 1. The highest BCUT2D eigenvalue weighted by Gasteiger charge is 2.46. The summed E-state index contributed by atoms with van der Waals surface area (Å²) in [6, 6.07) is 19.2. The first-order chi connectivity index (χ1) is 14.4. The molecule has 1 atom stereocenters. The number of nitrogens with zero attached hydrogens (tertiary/aromatic N) is 2. The maximum atomic E-state index is 12.4. The van der Waals surface area contributed by atoms with Crippen molar-refractivity contribution in [2.24, 2.45) is 5.92 Å². The van der Waals surface area contributed by atoms with Gasteiger partial charge in [0.05, 0.1) is 6.26 Å². The Hall–Kier alpha value is -1.21. The third-order valence-corrected chi connectivity index (χ3v) is 8.77. The van der Waals surface area contributed by atoms with Crippen molar-refractivity contribution in [2.75, 3.05) is 32.4 Å².